The first-order valence-electron chi connectivity index (χ1n) is 9.70. The molecule has 0 saturated carbocycles. The van der Waals surface area contributed by atoms with Gasteiger partial charge in [-0.25, -0.2) is 4.39 Å². The lowest BCUT2D eigenvalue weighted by atomic mass is 10.2. The minimum atomic E-state index is -0.487. The average molecular weight is 437 g/mol. The zero-order valence-electron chi connectivity index (χ0n) is 17.9. The maximum absolute atomic E-state index is 13.2. The number of hydrogen-bond acceptors (Lipinski definition) is 6. The Morgan fingerprint density at radius 2 is 1.66 bits per heavy atom. The summed E-state index contributed by atoms with van der Waals surface area (Å²) < 4.78 is 28.7. The molecule has 4 rings (SSSR count). The predicted molar refractivity (Wildman–Crippen MR) is 124 cm³/mol. The molecule has 4 N–H and O–H groups in total. The number of rotatable bonds is 5. The minimum Gasteiger partial charge on any atom is -0.493 e. The molecule has 0 saturated heterocycles. The smallest absolute Gasteiger partial charge is 0.291 e. The molecule has 0 bridgehead atoms. The maximum Gasteiger partial charge on any atom is 0.291 e. The summed E-state index contributed by atoms with van der Waals surface area (Å²) >= 11 is 0. The van der Waals surface area contributed by atoms with Crippen molar-refractivity contribution < 1.29 is 23.1 Å². The molecule has 0 radical (unpaired) electrons. The number of amides is 1. The summed E-state index contributed by atoms with van der Waals surface area (Å²) in [6.45, 7) is 0. The lowest BCUT2D eigenvalue weighted by molar-refractivity contribution is 0.0998. The molecule has 8 heteroatoms. The first-order valence-corrected chi connectivity index (χ1v) is 9.70. The SMILES string of the molecule is CNc1ccc2oc(C(=O)Nc3cc(F)ccc3N)cc2c1.COc1ccccc1OC. The topological polar surface area (TPSA) is 98.8 Å². The van der Waals surface area contributed by atoms with Gasteiger partial charge in [-0.1, -0.05) is 12.1 Å². The molecule has 32 heavy (non-hydrogen) atoms. The standard InChI is InChI=1S/C16H14FN3O2.C8H10O2/c1-19-11-3-5-14-9(6-11)7-15(22-14)16(21)20-13-8-10(17)2-4-12(13)18;1-9-7-5-3-4-6-8(7)10-2/h2-8,19H,18H2,1H3,(H,20,21);3-6H,1-2H3. The molecule has 1 heterocycles. The van der Waals surface area contributed by atoms with Crippen molar-refractivity contribution in [1.29, 1.82) is 0 Å². The molecule has 0 aliphatic heterocycles. The second-order valence-electron chi connectivity index (χ2n) is 6.65. The molecule has 4 aromatic rings. The van der Waals surface area contributed by atoms with Gasteiger partial charge in [0.05, 0.1) is 25.6 Å². The van der Waals surface area contributed by atoms with E-state index >= 15 is 0 Å². The first-order chi connectivity index (χ1) is 15.4. The lowest BCUT2D eigenvalue weighted by Crippen LogP contribution is -2.12. The fourth-order valence-electron chi connectivity index (χ4n) is 2.92. The molecule has 7 nitrogen and oxygen atoms in total. The van der Waals surface area contributed by atoms with Crippen molar-refractivity contribution in [2.24, 2.45) is 0 Å². The normalized spacial score (nSPS) is 10.1. The molecule has 3 aromatic carbocycles. The molecular weight excluding hydrogens is 413 g/mol. The van der Waals surface area contributed by atoms with Gasteiger partial charge in [-0.3, -0.25) is 4.79 Å². The molecule has 0 spiro atoms. The van der Waals surface area contributed by atoms with E-state index in [0.717, 1.165) is 28.6 Å². The van der Waals surface area contributed by atoms with Crippen LogP contribution < -0.4 is 25.8 Å². The number of carbonyl (C=O) groups excluding carboxylic acids is 1. The van der Waals surface area contributed by atoms with Crippen LogP contribution >= 0.6 is 0 Å². The maximum atomic E-state index is 13.2. The Kier molecular flexibility index (Phi) is 7.17. The highest BCUT2D eigenvalue weighted by Gasteiger charge is 2.14. The number of nitrogens with two attached hydrogens (primary N) is 1. The number of para-hydroxylation sites is 2. The number of ether oxygens (including phenoxy) is 2. The van der Waals surface area contributed by atoms with E-state index < -0.39 is 11.7 Å². The Balaban J connectivity index is 0.000000243. The van der Waals surface area contributed by atoms with Crippen LogP contribution in [0.2, 0.25) is 0 Å². The average Bonchev–Trinajstić information content (AvgIpc) is 3.25. The summed E-state index contributed by atoms with van der Waals surface area (Å²) in [7, 11) is 5.05. The summed E-state index contributed by atoms with van der Waals surface area (Å²) in [5.41, 5.74) is 7.70. The van der Waals surface area contributed by atoms with Crippen molar-refractivity contribution in [2.45, 2.75) is 0 Å². The van der Waals surface area contributed by atoms with Crippen molar-refractivity contribution in [3.63, 3.8) is 0 Å². The number of benzene rings is 3. The Hall–Kier alpha value is -4.20. The van der Waals surface area contributed by atoms with Gasteiger partial charge in [0.2, 0.25) is 0 Å². The van der Waals surface area contributed by atoms with Gasteiger partial charge in [0.25, 0.3) is 5.91 Å². The van der Waals surface area contributed by atoms with Crippen molar-refractivity contribution in [3.05, 3.63) is 78.3 Å². The van der Waals surface area contributed by atoms with Gasteiger partial charge in [0.15, 0.2) is 17.3 Å². The third kappa shape index (κ3) is 5.28. The van der Waals surface area contributed by atoms with Crippen molar-refractivity contribution >= 4 is 33.9 Å². The minimum absolute atomic E-state index is 0.131. The number of fused-ring (bicyclic) bond motifs is 1. The lowest BCUT2D eigenvalue weighted by Gasteiger charge is -2.06. The number of nitrogens with one attached hydrogen (secondary N) is 2. The molecule has 0 unspecified atom stereocenters. The van der Waals surface area contributed by atoms with Crippen molar-refractivity contribution in [1.82, 2.24) is 0 Å². The van der Waals surface area contributed by atoms with Gasteiger partial charge in [-0.05, 0) is 54.6 Å². The number of methoxy groups -OCH3 is 2. The van der Waals surface area contributed by atoms with Crippen LogP contribution in [0.25, 0.3) is 11.0 Å². The van der Waals surface area contributed by atoms with Crippen LogP contribution in [0, 0.1) is 5.82 Å². The van der Waals surface area contributed by atoms with Gasteiger partial charge in [-0.15, -0.1) is 0 Å². The fourth-order valence-corrected chi connectivity index (χ4v) is 2.92. The Bertz CT molecular complexity index is 1200. The van der Waals surface area contributed by atoms with Crippen LogP contribution in [0.1, 0.15) is 10.6 Å². The summed E-state index contributed by atoms with van der Waals surface area (Å²) in [6.07, 6.45) is 0. The van der Waals surface area contributed by atoms with E-state index in [9.17, 15) is 9.18 Å². The van der Waals surface area contributed by atoms with E-state index in [1.807, 2.05) is 43.4 Å². The quantitative estimate of drug-likeness (QED) is 0.374. The van der Waals surface area contributed by atoms with Crippen LogP contribution in [-0.2, 0) is 0 Å². The van der Waals surface area contributed by atoms with Gasteiger partial charge in [0, 0.05) is 18.1 Å². The van der Waals surface area contributed by atoms with Crippen LogP contribution in [0.5, 0.6) is 11.5 Å². The van der Waals surface area contributed by atoms with Gasteiger partial charge in [-0.2, -0.15) is 0 Å². The Morgan fingerprint density at radius 3 is 2.28 bits per heavy atom. The van der Waals surface area contributed by atoms with E-state index in [1.165, 1.54) is 12.1 Å². The van der Waals surface area contributed by atoms with E-state index in [0.29, 0.717) is 5.58 Å². The van der Waals surface area contributed by atoms with E-state index in [2.05, 4.69) is 10.6 Å². The third-order valence-electron chi connectivity index (χ3n) is 4.58. The van der Waals surface area contributed by atoms with E-state index in [1.54, 1.807) is 26.4 Å². The fraction of sp³-hybridized carbons (Fsp3) is 0.125. The van der Waals surface area contributed by atoms with Crippen LogP contribution in [0.3, 0.4) is 0 Å². The molecule has 166 valence electrons. The second kappa shape index (κ2) is 10.2. The van der Waals surface area contributed by atoms with Gasteiger partial charge >= 0.3 is 0 Å². The zero-order valence-corrected chi connectivity index (χ0v) is 17.9. The zero-order chi connectivity index (χ0) is 23.1. The summed E-state index contributed by atoms with van der Waals surface area (Å²) in [5.74, 6) is 0.703. The molecule has 0 aliphatic rings. The van der Waals surface area contributed by atoms with E-state index in [4.69, 9.17) is 19.6 Å². The number of carbonyl (C=O) groups is 1. The molecule has 0 atom stereocenters. The molecule has 1 amide bonds. The molecule has 0 aliphatic carbocycles. The van der Waals surface area contributed by atoms with E-state index in [-0.39, 0.29) is 17.1 Å². The number of hydrogen-bond donors (Lipinski definition) is 3. The monoisotopic (exact) mass is 437 g/mol. The predicted octanol–water partition coefficient (Wildman–Crippen LogP) is 5.15. The van der Waals surface area contributed by atoms with Crippen LogP contribution in [0.4, 0.5) is 21.5 Å². The molecule has 1 aromatic heterocycles. The molecule has 0 fully saturated rings. The van der Waals surface area contributed by atoms with Gasteiger partial charge < -0.3 is 30.3 Å². The van der Waals surface area contributed by atoms with Crippen LogP contribution in [-0.4, -0.2) is 27.2 Å². The highest BCUT2D eigenvalue weighted by molar-refractivity contribution is 6.06. The first kappa shape index (κ1) is 22.5. The summed E-state index contributed by atoms with van der Waals surface area (Å²) in [5, 5.41) is 6.35. The largest absolute Gasteiger partial charge is 0.493 e. The second-order valence-corrected chi connectivity index (χ2v) is 6.65. The Labute approximate surface area is 184 Å². The Morgan fingerprint density at radius 1 is 0.969 bits per heavy atom. The van der Waals surface area contributed by atoms with Crippen LogP contribution in [0.15, 0.2) is 71.1 Å². The number of anilines is 3. The van der Waals surface area contributed by atoms with Crippen molar-refractivity contribution in [3.8, 4) is 11.5 Å². The summed E-state index contributed by atoms with van der Waals surface area (Å²) in [4.78, 5) is 12.2. The highest BCUT2D eigenvalue weighted by atomic mass is 19.1. The highest BCUT2D eigenvalue weighted by Crippen LogP contribution is 2.26. The number of halogens is 1. The van der Waals surface area contributed by atoms with Gasteiger partial charge in [0.1, 0.15) is 11.4 Å². The number of furan rings is 1. The van der Waals surface area contributed by atoms with Crippen molar-refractivity contribution in [2.75, 3.05) is 37.6 Å². The third-order valence-corrected chi connectivity index (χ3v) is 4.58. The molecular formula is C24H24FN3O4. The number of nitrogen functional groups attached to an aromatic ring is 1. The summed E-state index contributed by atoms with van der Waals surface area (Å²) in [6, 6.07) is 18.4.